The van der Waals surface area contributed by atoms with E-state index >= 15 is 0 Å². The van der Waals surface area contributed by atoms with Gasteiger partial charge in [-0.15, -0.1) is 0 Å². The van der Waals surface area contributed by atoms with Crippen molar-refractivity contribution in [1.82, 2.24) is 0 Å². The molecule has 0 spiro atoms. The maximum Gasteiger partial charge on any atom is 0.377 e. The highest BCUT2D eigenvalue weighted by atomic mass is 31.2. The molecule has 1 aromatic carbocycles. The molecule has 1 N–H and O–H groups in total. The van der Waals surface area contributed by atoms with Crippen molar-refractivity contribution < 1.29 is 23.2 Å². The average Bonchev–Trinajstić information content (AvgIpc) is 2.42. The van der Waals surface area contributed by atoms with E-state index in [2.05, 4.69) is 5.16 Å². The third-order valence-electron chi connectivity index (χ3n) is 2.60. The lowest BCUT2D eigenvalue weighted by atomic mass is 10.2. The normalized spacial score (nSPS) is 14.9. The topological polar surface area (TPSA) is 68.1 Å². The van der Waals surface area contributed by atoms with Gasteiger partial charge in [0.1, 0.15) is 12.4 Å². The van der Waals surface area contributed by atoms with E-state index in [1.54, 1.807) is 13.0 Å². The number of oxime groups is 1. The minimum Gasteiger partial charge on any atom is -0.402 e. The van der Waals surface area contributed by atoms with Gasteiger partial charge in [0, 0.05) is 0 Å². The summed E-state index contributed by atoms with van der Waals surface area (Å²) in [6, 6.07) is 5.72. The van der Waals surface area contributed by atoms with Crippen LogP contribution in [0, 0.1) is 11.7 Å². The summed E-state index contributed by atoms with van der Waals surface area (Å²) in [7, 11) is -3.91. The second-order valence-electron chi connectivity index (χ2n) is 4.93. The van der Waals surface area contributed by atoms with E-state index in [0.717, 1.165) is 0 Å². The summed E-state index contributed by atoms with van der Waals surface area (Å²) in [5, 5.41) is 3.61. The molecule has 7 heteroatoms. The maximum absolute atomic E-state index is 13.8. The second-order valence-corrected chi connectivity index (χ2v) is 6.83. The molecule has 1 atom stereocenters. The second kappa shape index (κ2) is 8.15. The molecule has 0 radical (unpaired) electrons. The van der Waals surface area contributed by atoms with Crippen LogP contribution in [0.2, 0.25) is 0 Å². The largest absolute Gasteiger partial charge is 0.402 e. The first-order valence-corrected chi connectivity index (χ1v) is 8.58. The van der Waals surface area contributed by atoms with Gasteiger partial charge in [-0.25, -0.2) is 8.96 Å². The predicted octanol–water partition coefficient (Wildman–Crippen LogP) is 3.77. The molecule has 0 fully saturated rings. The lowest BCUT2D eigenvalue weighted by Crippen LogP contribution is -2.10. The summed E-state index contributed by atoms with van der Waals surface area (Å²) in [6.45, 7) is 5.81. The summed E-state index contributed by atoms with van der Waals surface area (Å²) in [6.07, 6.45) is 0.497. The summed E-state index contributed by atoms with van der Waals surface area (Å²) < 4.78 is 30.9. The number of hydrogen-bond donors (Lipinski definition) is 1. The Balaban J connectivity index is 2.95. The Bertz CT molecular complexity index is 533. The minimum atomic E-state index is -3.91. The zero-order valence-corrected chi connectivity index (χ0v) is 13.3. The predicted molar refractivity (Wildman–Crippen MR) is 79.8 cm³/mol. The van der Waals surface area contributed by atoms with Gasteiger partial charge in [0.15, 0.2) is 0 Å². The lowest BCUT2D eigenvalue weighted by molar-refractivity contribution is 0.152. The van der Waals surface area contributed by atoms with Crippen molar-refractivity contribution in [2.24, 2.45) is 11.1 Å². The molecular formula is C14H21FNO4P. The lowest BCUT2D eigenvalue weighted by Gasteiger charge is -2.16. The number of hydrogen-bond acceptors (Lipinski definition) is 4. The molecule has 5 nitrogen and oxygen atoms in total. The van der Waals surface area contributed by atoms with Gasteiger partial charge >= 0.3 is 7.60 Å². The Hall–Kier alpha value is -1.39. The van der Waals surface area contributed by atoms with Crippen molar-refractivity contribution in [2.75, 3.05) is 12.8 Å². The van der Waals surface area contributed by atoms with Gasteiger partial charge in [0.2, 0.25) is 0 Å². The number of nitrogens with zero attached hydrogens (tertiary/aromatic N) is 1. The summed E-state index contributed by atoms with van der Waals surface area (Å²) >= 11 is 0. The molecule has 0 amide bonds. The monoisotopic (exact) mass is 317 g/mol. The van der Waals surface area contributed by atoms with Gasteiger partial charge in [-0.2, -0.15) is 0 Å². The van der Waals surface area contributed by atoms with E-state index in [1.165, 1.54) is 18.2 Å². The number of benzene rings is 1. The van der Waals surface area contributed by atoms with Gasteiger partial charge in [0.05, 0.1) is 11.7 Å². The summed E-state index contributed by atoms with van der Waals surface area (Å²) in [4.78, 5) is 14.7. The Kier molecular flexibility index (Phi) is 6.85. The van der Waals surface area contributed by atoms with Gasteiger partial charge in [-0.05, 0) is 36.6 Å². The molecule has 118 valence electrons. The number of halogens is 1. The SMILES string of the molecule is CCON=C(OP(=O)(O)CCC(C)C)c1ccccc1F. The summed E-state index contributed by atoms with van der Waals surface area (Å²) in [5.74, 6) is -0.654. The zero-order valence-electron chi connectivity index (χ0n) is 12.5. The molecule has 0 bridgehead atoms. The first kappa shape index (κ1) is 17.7. The van der Waals surface area contributed by atoms with Crippen LogP contribution in [0.3, 0.4) is 0 Å². The number of rotatable bonds is 7. The molecule has 21 heavy (non-hydrogen) atoms. The van der Waals surface area contributed by atoms with Crippen LogP contribution in [0.25, 0.3) is 0 Å². The fourth-order valence-corrected chi connectivity index (χ4v) is 2.81. The summed E-state index contributed by atoms with van der Waals surface area (Å²) in [5.41, 5.74) is -0.00947. The molecule has 0 aliphatic heterocycles. The molecule has 1 rings (SSSR count). The van der Waals surface area contributed by atoms with Crippen LogP contribution in [0.4, 0.5) is 4.39 Å². The average molecular weight is 317 g/mol. The third-order valence-corrected chi connectivity index (χ3v) is 3.88. The van der Waals surface area contributed by atoms with Crippen molar-refractivity contribution in [2.45, 2.75) is 27.2 Å². The molecule has 0 saturated carbocycles. The fourth-order valence-electron chi connectivity index (χ4n) is 1.47. The molecule has 0 aliphatic rings. The van der Waals surface area contributed by atoms with Crippen LogP contribution >= 0.6 is 7.60 Å². The van der Waals surface area contributed by atoms with Gasteiger partial charge in [0.25, 0.3) is 5.90 Å². The molecule has 0 saturated heterocycles. The quantitative estimate of drug-likeness (QED) is 0.360. The van der Waals surface area contributed by atoms with Crippen molar-refractivity contribution >= 4 is 13.5 Å². The van der Waals surface area contributed by atoms with Crippen molar-refractivity contribution in [3.05, 3.63) is 35.6 Å². The van der Waals surface area contributed by atoms with E-state index in [0.29, 0.717) is 6.42 Å². The Morgan fingerprint density at radius 2 is 2.10 bits per heavy atom. The molecule has 1 aromatic rings. The Labute approximate surface area is 124 Å². The minimum absolute atomic E-state index is 0.00947. The Morgan fingerprint density at radius 3 is 2.67 bits per heavy atom. The standard InChI is InChI=1S/C14H21FNO4P/c1-4-19-16-14(12-7-5-6-8-13(12)15)20-21(17,18)10-9-11(2)3/h5-8,11H,4,9-10H2,1-3H3,(H,17,18). The van der Waals surface area contributed by atoms with Crippen LogP contribution in [0.5, 0.6) is 0 Å². The molecule has 0 aromatic heterocycles. The first-order chi connectivity index (χ1) is 9.85. The Morgan fingerprint density at radius 1 is 1.43 bits per heavy atom. The fraction of sp³-hybridized carbons (Fsp3) is 0.500. The highest BCUT2D eigenvalue weighted by Crippen LogP contribution is 2.44. The highest BCUT2D eigenvalue weighted by Gasteiger charge is 2.26. The highest BCUT2D eigenvalue weighted by molar-refractivity contribution is 7.53. The van der Waals surface area contributed by atoms with E-state index in [9.17, 15) is 13.8 Å². The molecule has 0 aliphatic carbocycles. The zero-order chi connectivity index (χ0) is 15.9. The molecular weight excluding hydrogens is 296 g/mol. The molecule has 0 heterocycles. The van der Waals surface area contributed by atoms with Gasteiger partial charge < -0.3 is 14.3 Å². The van der Waals surface area contributed by atoms with E-state index in [1.807, 2.05) is 13.8 Å². The molecule has 1 unspecified atom stereocenters. The van der Waals surface area contributed by atoms with Crippen LogP contribution in [-0.2, 0) is 13.9 Å². The van der Waals surface area contributed by atoms with Crippen molar-refractivity contribution in [1.29, 1.82) is 0 Å². The van der Waals surface area contributed by atoms with Gasteiger partial charge in [-0.1, -0.05) is 26.0 Å². The van der Waals surface area contributed by atoms with E-state index in [4.69, 9.17) is 9.36 Å². The third kappa shape index (κ3) is 6.27. The van der Waals surface area contributed by atoms with Crippen LogP contribution in [-0.4, -0.2) is 23.6 Å². The van der Waals surface area contributed by atoms with E-state index < -0.39 is 13.4 Å². The first-order valence-electron chi connectivity index (χ1n) is 6.82. The van der Waals surface area contributed by atoms with Crippen LogP contribution in [0.15, 0.2) is 29.4 Å². The van der Waals surface area contributed by atoms with Crippen molar-refractivity contribution in [3.8, 4) is 0 Å². The van der Waals surface area contributed by atoms with Crippen molar-refractivity contribution in [3.63, 3.8) is 0 Å². The van der Waals surface area contributed by atoms with Crippen LogP contribution in [0.1, 0.15) is 32.8 Å². The smallest absolute Gasteiger partial charge is 0.377 e. The maximum atomic E-state index is 13.8. The van der Waals surface area contributed by atoms with Gasteiger partial charge in [-0.3, -0.25) is 0 Å². The van der Waals surface area contributed by atoms with Crippen LogP contribution < -0.4 is 0 Å². The van der Waals surface area contributed by atoms with E-state index in [-0.39, 0.29) is 30.1 Å².